The number of ketones is 1. The van der Waals surface area contributed by atoms with Crippen molar-refractivity contribution < 1.29 is 23.5 Å². The summed E-state index contributed by atoms with van der Waals surface area (Å²) in [5, 5.41) is 3.88. The van der Waals surface area contributed by atoms with Gasteiger partial charge in [-0.15, -0.1) is 0 Å². The van der Waals surface area contributed by atoms with Gasteiger partial charge in [0.1, 0.15) is 11.3 Å². The van der Waals surface area contributed by atoms with Gasteiger partial charge in [0.25, 0.3) is 5.91 Å². The molecule has 0 aliphatic heterocycles. The minimum Gasteiger partial charge on any atom is -0.496 e. The number of furan rings is 1. The van der Waals surface area contributed by atoms with E-state index in [2.05, 4.69) is 28.2 Å². The van der Waals surface area contributed by atoms with Crippen LogP contribution in [-0.2, 0) is 0 Å². The molecule has 6 nitrogen and oxygen atoms in total. The van der Waals surface area contributed by atoms with Gasteiger partial charge in [-0.05, 0) is 64.8 Å². The lowest BCUT2D eigenvalue weighted by atomic mass is 10.1. The molecule has 0 unspecified atom stereocenters. The Morgan fingerprint density at radius 2 is 1.71 bits per heavy atom. The summed E-state index contributed by atoms with van der Waals surface area (Å²) < 4.78 is 17.5. The third-order valence-electron chi connectivity index (χ3n) is 5.96. The fourth-order valence-corrected chi connectivity index (χ4v) is 5.12. The van der Waals surface area contributed by atoms with Crippen LogP contribution < -0.4 is 14.8 Å². The second-order valence-corrected chi connectivity index (χ2v) is 10.3. The third-order valence-corrected chi connectivity index (χ3v) is 7.14. The summed E-state index contributed by atoms with van der Waals surface area (Å²) >= 11 is 16.2. The molecule has 9 heteroatoms. The molecule has 0 aliphatic rings. The maximum absolute atomic E-state index is 13.5. The lowest BCUT2D eigenvalue weighted by Crippen LogP contribution is -2.14. The smallest absolute Gasteiger partial charge is 0.255 e. The van der Waals surface area contributed by atoms with Crippen molar-refractivity contribution >= 4 is 67.5 Å². The van der Waals surface area contributed by atoms with Crippen LogP contribution in [0, 0.1) is 0 Å². The number of fused-ring (bicyclic) bond motifs is 1. The normalized spacial score (nSPS) is 11.0. The molecule has 0 radical (unpaired) electrons. The summed E-state index contributed by atoms with van der Waals surface area (Å²) in [6.45, 7) is 2.63. The zero-order valence-electron chi connectivity index (χ0n) is 20.9. The van der Waals surface area contributed by atoms with E-state index in [1.54, 1.807) is 49.6 Å². The Hall–Kier alpha value is -3.00. The maximum atomic E-state index is 13.5. The van der Waals surface area contributed by atoms with Gasteiger partial charge in [0.15, 0.2) is 11.5 Å². The van der Waals surface area contributed by atoms with E-state index in [1.807, 2.05) is 0 Å². The van der Waals surface area contributed by atoms with Crippen molar-refractivity contribution in [2.24, 2.45) is 0 Å². The van der Waals surface area contributed by atoms with Crippen LogP contribution in [0.15, 0.2) is 63.5 Å². The predicted molar refractivity (Wildman–Crippen MR) is 154 cm³/mol. The molecule has 1 N–H and O–H groups in total. The fourth-order valence-electron chi connectivity index (χ4n) is 3.99. The zero-order chi connectivity index (χ0) is 27.2. The van der Waals surface area contributed by atoms with Crippen molar-refractivity contribution in [2.45, 2.75) is 32.6 Å². The van der Waals surface area contributed by atoms with E-state index in [1.165, 1.54) is 12.1 Å². The van der Waals surface area contributed by atoms with Crippen LogP contribution >= 0.6 is 39.1 Å². The highest BCUT2D eigenvalue weighted by atomic mass is 79.9. The third kappa shape index (κ3) is 6.17. The number of amides is 1. The molecule has 3 aromatic carbocycles. The van der Waals surface area contributed by atoms with Crippen LogP contribution in [0.3, 0.4) is 0 Å². The van der Waals surface area contributed by atoms with Crippen molar-refractivity contribution in [1.82, 2.24) is 0 Å². The molecule has 0 saturated heterocycles. The molecular formula is C29H26BrCl2NO5. The van der Waals surface area contributed by atoms with E-state index in [9.17, 15) is 9.59 Å². The molecule has 0 atom stereocenters. The Labute approximate surface area is 239 Å². The molecular weight excluding hydrogens is 593 g/mol. The highest BCUT2D eigenvalue weighted by molar-refractivity contribution is 9.10. The summed E-state index contributed by atoms with van der Waals surface area (Å²) in [7, 11) is 1.54. The van der Waals surface area contributed by atoms with E-state index >= 15 is 0 Å². The van der Waals surface area contributed by atoms with Crippen LogP contribution in [0.25, 0.3) is 11.0 Å². The molecule has 0 aliphatic carbocycles. The van der Waals surface area contributed by atoms with Crippen molar-refractivity contribution in [3.63, 3.8) is 0 Å². The lowest BCUT2D eigenvalue weighted by molar-refractivity contribution is 0.101. The number of anilines is 1. The molecule has 0 saturated carbocycles. The van der Waals surface area contributed by atoms with Crippen LogP contribution in [0.4, 0.5) is 5.69 Å². The number of nitrogens with one attached hydrogen (secondary N) is 1. The van der Waals surface area contributed by atoms with Crippen LogP contribution in [0.1, 0.15) is 59.1 Å². The average Bonchev–Trinajstić information content (AvgIpc) is 3.27. The Kier molecular flexibility index (Phi) is 9.36. The van der Waals surface area contributed by atoms with Crippen molar-refractivity contribution in [2.75, 3.05) is 19.0 Å². The molecule has 0 fully saturated rings. The van der Waals surface area contributed by atoms with E-state index in [0.717, 1.165) is 25.7 Å². The predicted octanol–water partition coefficient (Wildman–Crippen LogP) is 8.95. The van der Waals surface area contributed by atoms with Gasteiger partial charge >= 0.3 is 0 Å². The van der Waals surface area contributed by atoms with Crippen LogP contribution in [0.5, 0.6) is 11.5 Å². The average molecular weight is 619 g/mol. The van der Waals surface area contributed by atoms with Gasteiger partial charge in [0.05, 0.1) is 33.9 Å². The number of unbranched alkanes of at least 4 members (excludes halogenated alkanes) is 3. The highest BCUT2D eigenvalue weighted by Crippen LogP contribution is 2.37. The number of carbonyl (C=O) groups is 2. The molecule has 0 spiro atoms. The number of para-hydroxylation sites is 1. The molecule has 198 valence electrons. The molecule has 1 heterocycles. The summed E-state index contributed by atoms with van der Waals surface area (Å²) in [4.78, 5) is 26.8. The van der Waals surface area contributed by atoms with Crippen molar-refractivity contribution in [3.05, 3.63) is 86.0 Å². The Morgan fingerprint density at radius 3 is 2.39 bits per heavy atom. The van der Waals surface area contributed by atoms with Gasteiger partial charge in [-0.2, -0.15) is 0 Å². The first kappa shape index (κ1) is 28.0. The number of carbonyl (C=O) groups excluding carboxylic acids is 2. The summed E-state index contributed by atoms with van der Waals surface area (Å²) in [6.07, 6.45) is 4.20. The van der Waals surface area contributed by atoms with E-state index in [0.29, 0.717) is 39.1 Å². The molecule has 1 amide bonds. The Balaban J connectivity index is 1.62. The highest BCUT2D eigenvalue weighted by Gasteiger charge is 2.25. The molecule has 4 rings (SSSR count). The Morgan fingerprint density at radius 1 is 0.974 bits per heavy atom. The first-order valence-electron chi connectivity index (χ1n) is 12.2. The largest absolute Gasteiger partial charge is 0.496 e. The number of rotatable bonds is 11. The minimum atomic E-state index is -0.500. The number of benzene rings is 3. The number of halogens is 3. The molecule has 4 aromatic rings. The standard InChI is InChI=1S/C29H26BrCl2NO5/c1-3-4-5-8-13-37-27-21(31)15-18(16-22(27)32)29(35)33-25-19-9-6-7-10-23(19)38-28(25)26(34)17-11-12-24(36-2)20(30)14-17/h6-7,9-12,14-16H,3-5,8,13H2,1-2H3,(H,33,35). The number of hydrogen-bond donors (Lipinski definition) is 1. The number of methoxy groups -OCH3 is 1. The Bertz CT molecular complexity index is 1460. The zero-order valence-corrected chi connectivity index (χ0v) is 24.0. The summed E-state index contributed by atoms with van der Waals surface area (Å²) in [5.41, 5.74) is 1.29. The number of hydrogen-bond acceptors (Lipinski definition) is 5. The lowest BCUT2D eigenvalue weighted by Gasteiger charge is -2.12. The van der Waals surface area contributed by atoms with Crippen LogP contribution in [0.2, 0.25) is 10.0 Å². The SMILES string of the molecule is CCCCCCOc1c(Cl)cc(C(=O)Nc2c(C(=O)c3ccc(OC)c(Br)c3)oc3ccccc23)cc1Cl. The quantitative estimate of drug-likeness (QED) is 0.134. The van der Waals surface area contributed by atoms with Gasteiger partial charge < -0.3 is 19.2 Å². The van der Waals surface area contributed by atoms with Gasteiger partial charge in [-0.1, -0.05) is 61.5 Å². The first-order chi connectivity index (χ1) is 18.3. The summed E-state index contributed by atoms with van der Waals surface area (Å²) in [5.74, 6) is 0.0290. The monoisotopic (exact) mass is 617 g/mol. The second kappa shape index (κ2) is 12.7. The van der Waals surface area contributed by atoms with Gasteiger partial charge in [-0.25, -0.2) is 0 Å². The maximum Gasteiger partial charge on any atom is 0.255 e. The second-order valence-electron chi connectivity index (χ2n) is 8.61. The van der Waals surface area contributed by atoms with Crippen molar-refractivity contribution in [1.29, 1.82) is 0 Å². The van der Waals surface area contributed by atoms with E-state index < -0.39 is 11.7 Å². The fraction of sp³-hybridized carbons (Fsp3) is 0.241. The van der Waals surface area contributed by atoms with E-state index in [-0.39, 0.29) is 27.1 Å². The first-order valence-corrected chi connectivity index (χ1v) is 13.7. The minimum absolute atomic E-state index is 0.000781. The molecule has 0 bridgehead atoms. The molecule has 1 aromatic heterocycles. The van der Waals surface area contributed by atoms with Gasteiger partial charge in [0, 0.05) is 16.5 Å². The molecule has 38 heavy (non-hydrogen) atoms. The van der Waals surface area contributed by atoms with E-state index in [4.69, 9.17) is 37.1 Å². The van der Waals surface area contributed by atoms with Crippen molar-refractivity contribution in [3.8, 4) is 11.5 Å². The van der Waals surface area contributed by atoms with Gasteiger partial charge in [-0.3, -0.25) is 9.59 Å². The van der Waals surface area contributed by atoms with Gasteiger partial charge in [0.2, 0.25) is 5.78 Å². The number of ether oxygens (including phenoxy) is 2. The topological polar surface area (TPSA) is 77.8 Å². The summed E-state index contributed by atoms with van der Waals surface area (Å²) in [6, 6.07) is 15.0. The van der Waals surface area contributed by atoms with Crippen LogP contribution in [-0.4, -0.2) is 25.4 Å².